The van der Waals surface area contributed by atoms with E-state index in [0.29, 0.717) is 43.8 Å². The number of anilines is 3. The van der Waals surface area contributed by atoms with Gasteiger partial charge in [0.1, 0.15) is 11.8 Å². The van der Waals surface area contributed by atoms with E-state index >= 15 is 0 Å². The van der Waals surface area contributed by atoms with Crippen molar-refractivity contribution >= 4 is 52.2 Å². The molecule has 3 heterocycles. The van der Waals surface area contributed by atoms with Gasteiger partial charge in [0.15, 0.2) is 5.11 Å². The standard InChI is InChI=1S/C39H49F3N8O5S/c1-24-21-46(22-25(2)48(24)23-34(52)44-27-6-9-28(10-7-27)47-16-15-33(51)45-36(47)54)17-18-55-31-13-11-29(12-14-31)50-37(56)49(35(53)38(50,3)4)30-8-5-26(20-43)32(19-30)39(40,41)42/h5-10,19,24-25,29,31,33,51H,11-18,21-23H2,1-4H3,(H,44,52)(H,45,54)/t24-,25+,29-,31-,33?. The largest absolute Gasteiger partial charge is 0.417 e. The van der Waals surface area contributed by atoms with E-state index in [-0.39, 0.29) is 53.5 Å². The van der Waals surface area contributed by atoms with Crippen molar-refractivity contribution in [3.05, 3.63) is 53.6 Å². The van der Waals surface area contributed by atoms with Crippen LogP contribution in [0.15, 0.2) is 42.5 Å². The van der Waals surface area contributed by atoms with Crippen molar-refractivity contribution in [2.45, 2.75) is 102 Å². The van der Waals surface area contributed by atoms with E-state index in [1.807, 2.05) is 4.90 Å². The van der Waals surface area contributed by atoms with Crippen molar-refractivity contribution in [3.8, 4) is 6.07 Å². The molecule has 6 rings (SSSR count). The number of rotatable bonds is 10. The Morgan fingerprint density at radius 3 is 2.29 bits per heavy atom. The van der Waals surface area contributed by atoms with Gasteiger partial charge in [0.2, 0.25) is 5.91 Å². The predicted molar refractivity (Wildman–Crippen MR) is 208 cm³/mol. The van der Waals surface area contributed by atoms with Crippen molar-refractivity contribution in [2.24, 2.45) is 0 Å². The number of hydrogen-bond donors (Lipinski definition) is 3. The molecule has 0 radical (unpaired) electrons. The van der Waals surface area contributed by atoms with Gasteiger partial charge in [0, 0.05) is 62.1 Å². The van der Waals surface area contributed by atoms with Crippen molar-refractivity contribution in [2.75, 3.05) is 54.4 Å². The van der Waals surface area contributed by atoms with Gasteiger partial charge in [-0.1, -0.05) is 0 Å². The van der Waals surface area contributed by atoms with Crippen LogP contribution in [0, 0.1) is 11.3 Å². The Morgan fingerprint density at radius 2 is 1.68 bits per heavy atom. The number of nitriles is 1. The molecular formula is C39H49F3N8O5S. The summed E-state index contributed by atoms with van der Waals surface area (Å²) >= 11 is 5.73. The number of nitrogens with one attached hydrogen (secondary N) is 2. The van der Waals surface area contributed by atoms with Gasteiger partial charge in [0.25, 0.3) is 5.91 Å². The zero-order chi connectivity index (χ0) is 40.5. The Bertz CT molecular complexity index is 1840. The lowest BCUT2D eigenvalue weighted by atomic mass is 9.89. The summed E-state index contributed by atoms with van der Waals surface area (Å²) in [5.74, 6) is -0.537. The van der Waals surface area contributed by atoms with Crippen molar-refractivity contribution in [1.82, 2.24) is 20.0 Å². The van der Waals surface area contributed by atoms with E-state index in [2.05, 4.69) is 34.3 Å². The number of urea groups is 1. The zero-order valence-corrected chi connectivity index (χ0v) is 32.8. The van der Waals surface area contributed by atoms with Crippen LogP contribution in [-0.2, 0) is 20.5 Å². The number of alkyl halides is 3. The number of benzene rings is 2. The smallest absolute Gasteiger partial charge is 0.377 e. The van der Waals surface area contributed by atoms with Gasteiger partial charge in [-0.25, -0.2) is 4.79 Å². The molecule has 2 aromatic rings. The number of aliphatic hydroxyl groups excluding tert-OH is 1. The fourth-order valence-electron chi connectivity index (χ4n) is 8.42. The minimum absolute atomic E-state index is 0.0111. The number of carbonyl (C=O) groups excluding carboxylic acids is 3. The summed E-state index contributed by atoms with van der Waals surface area (Å²) in [6.07, 6.45) is -2.24. The third-order valence-corrected chi connectivity index (χ3v) is 11.7. The molecule has 2 aromatic carbocycles. The second-order valence-electron chi connectivity index (χ2n) is 15.6. The molecule has 3 saturated heterocycles. The average molecular weight is 799 g/mol. The van der Waals surface area contributed by atoms with E-state index in [0.717, 1.165) is 49.5 Å². The fourth-order valence-corrected chi connectivity index (χ4v) is 8.98. The molecule has 1 aliphatic carbocycles. The van der Waals surface area contributed by atoms with E-state index in [1.54, 1.807) is 49.1 Å². The number of amides is 4. The maximum atomic E-state index is 13.7. The highest BCUT2D eigenvalue weighted by Gasteiger charge is 2.52. The van der Waals surface area contributed by atoms with Crippen molar-refractivity contribution < 1.29 is 37.4 Å². The number of aliphatic hydroxyl groups is 1. The van der Waals surface area contributed by atoms with Crippen LogP contribution < -0.4 is 20.4 Å². The maximum Gasteiger partial charge on any atom is 0.417 e. The van der Waals surface area contributed by atoms with E-state index in [9.17, 15) is 37.9 Å². The molecule has 4 fully saturated rings. The second-order valence-corrected chi connectivity index (χ2v) is 16.0. The van der Waals surface area contributed by atoms with Gasteiger partial charge in [-0.3, -0.25) is 29.2 Å². The highest BCUT2D eigenvalue weighted by atomic mass is 32.1. The van der Waals surface area contributed by atoms with Crippen LogP contribution in [0.2, 0.25) is 0 Å². The topological polar surface area (TPSA) is 145 Å². The zero-order valence-electron chi connectivity index (χ0n) is 32.0. The van der Waals surface area contributed by atoms with Gasteiger partial charge in [-0.15, -0.1) is 0 Å². The van der Waals surface area contributed by atoms with Crippen LogP contribution in [0.25, 0.3) is 0 Å². The minimum atomic E-state index is -4.76. The first-order chi connectivity index (χ1) is 26.5. The Balaban J connectivity index is 0.941. The van der Waals surface area contributed by atoms with Crippen molar-refractivity contribution in [3.63, 3.8) is 0 Å². The number of halogens is 3. The summed E-state index contributed by atoms with van der Waals surface area (Å²) in [5, 5.41) is 24.5. The lowest BCUT2D eigenvalue weighted by molar-refractivity contribution is -0.137. The Morgan fingerprint density at radius 1 is 1.04 bits per heavy atom. The molecule has 0 bridgehead atoms. The third kappa shape index (κ3) is 8.79. The van der Waals surface area contributed by atoms with E-state index in [1.165, 1.54) is 6.07 Å². The molecule has 56 heavy (non-hydrogen) atoms. The van der Waals surface area contributed by atoms with Crippen LogP contribution in [0.5, 0.6) is 0 Å². The maximum absolute atomic E-state index is 13.7. The highest BCUT2D eigenvalue weighted by Crippen LogP contribution is 2.40. The number of thiocarbonyl (C=S) groups is 1. The molecular weight excluding hydrogens is 750 g/mol. The number of hydrogen-bond acceptors (Lipinski definition) is 9. The Hall–Kier alpha value is -4.34. The molecule has 302 valence electrons. The molecule has 17 heteroatoms. The van der Waals surface area contributed by atoms with E-state index < -0.39 is 35.0 Å². The third-order valence-electron chi connectivity index (χ3n) is 11.3. The summed E-state index contributed by atoms with van der Waals surface area (Å²) in [6.45, 7) is 11.2. The molecule has 3 atom stereocenters. The molecule has 13 nitrogen and oxygen atoms in total. The first kappa shape index (κ1) is 41.3. The van der Waals surface area contributed by atoms with Gasteiger partial charge in [0.05, 0.1) is 42.1 Å². The molecule has 1 saturated carbocycles. The fraction of sp³-hybridized carbons (Fsp3) is 0.564. The number of ether oxygens (including phenoxy) is 1. The number of nitrogens with zero attached hydrogens (tertiary/aromatic N) is 6. The average Bonchev–Trinajstić information content (AvgIpc) is 3.32. The normalized spacial score (nSPS) is 26.3. The molecule has 3 N–H and O–H groups in total. The number of piperazine rings is 1. The van der Waals surface area contributed by atoms with E-state index in [4.69, 9.17) is 17.0 Å². The van der Waals surface area contributed by atoms with Crippen molar-refractivity contribution in [1.29, 1.82) is 5.26 Å². The molecule has 3 aliphatic heterocycles. The minimum Gasteiger partial charge on any atom is -0.377 e. The first-order valence-electron chi connectivity index (χ1n) is 19.0. The van der Waals surface area contributed by atoms with Gasteiger partial charge < -0.3 is 25.4 Å². The quantitative estimate of drug-likeness (QED) is 0.285. The molecule has 0 spiro atoms. The Kier molecular flexibility index (Phi) is 12.3. The molecule has 1 unspecified atom stereocenters. The number of carbonyl (C=O) groups is 3. The van der Waals surface area contributed by atoms with Crippen LogP contribution in [-0.4, -0.2) is 118 Å². The van der Waals surface area contributed by atoms with Crippen LogP contribution in [0.4, 0.5) is 35.0 Å². The Labute approximate surface area is 330 Å². The summed E-state index contributed by atoms with van der Waals surface area (Å²) in [7, 11) is 0. The summed E-state index contributed by atoms with van der Waals surface area (Å²) < 4.78 is 47.5. The highest BCUT2D eigenvalue weighted by molar-refractivity contribution is 7.80. The first-order valence-corrected chi connectivity index (χ1v) is 19.4. The van der Waals surface area contributed by atoms with Crippen LogP contribution >= 0.6 is 12.2 Å². The van der Waals surface area contributed by atoms with Gasteiger partial charge in [-0.2, -0.15) is 18.4 Å². The lowest BCUT2D eigenvalue weighted by Gasteiger charge is -2.44. The summed E-state index contributed by atoms with van der Waals surface area (Å²) in [5.41, 5.74) is -1.39. The molecule has 0 aromatic heterocycles. The van der Waals surface area contributed by atoms with Gasteiger partial charge >= 0.3 is 12.2 Å². The lowest BCUT2D eigenvalue weighted by Crippen LogP contribution is -2.58. The SMILES string of the molecule is C[C@@H]1CN(CCO[C@H]2CC[C@H](N3C(=S)N(c4ccc(C#N)c(C(F)(F)F)c4)C(=O)C3(C)C)CC2)C[C@H](C)N1CC(=O)Nc1ccc(N2CCC(O)NC2=O)cc1. The predicted octanol–water partition coefficient (Wildman–Crippen LogP) is 4.89. The van der Waals surface area contributed by atoms with Crippen LogP contribution in [0.1, 0.15) is 70.9 Å². The molecule has 4 amide bonds. The summed E-state index contributed by atoms with van der Waals surface area (Å²) in [4.78, 5) is 48.0. The second kappa shape index (κ2) is 16.6. The molecule has 4 aliphatic rings. The van der Waals surface area contributed by atoms with Crippen LogP contribution in [0.3, 0.4) is 0 Å². The monoisotopic (exact) mass is 798 g/mol. The van der Waals surface area contributed by atoms with Gasteiger partial charge in [-0.05, 0) is 108 Å². The summed E-state index contributed by atoms with van der Waals surface area (Å²) in [6, 6.07) is 11.7.